The van der Waals surface area contributed by atoms with Crippen LogP contribution in [-0.2, 0) is 6.42 Å². The normalized spacial score (nSPS) is 11.4. The van der Waals surface area contributed by atoms with Gasteiger partial charge in [0.15, 0.2) is 0 Å². The van der Waals surface area contributed by atoms with E-state index in [0.717, 1.165) is 12.1 Å². The molecule has 7 nitrogen and oxygen atoms in total. The van der Waals surface area contributed by atoms with Crippen LogP contribution in [0.15, 0.2) is 27.6 Å². The number of aryl methyl sites for hydroxylation is 1. The molecule has 0 saturated carbocycles. The van der Waals surface area contributed by atoms with Crippen LogP contribution in [0.5, 0.6) is 0 Å². The predicted molar refractivity (Wildman–Crippen MR) is 58.1 cm³/mol. The summed E-state index contributed by atoms with van der Waals surface area (Å²) < 4.78 is 12.0. The van der Waals surface area contributed by atoms with E-state index in [2.05, 4.69) is 15.1 Å². The lowest BCUT2D eigenvalue weighted by Crippen LogP contribution is -2.00. The topological polar surface area (TPSA) is 95.4 Å². The van der Waals surface area contributed by atoms with Gasteiger partial charge in [0, 0.05) is 12.6 Å². The van der Waals surface area contributed by atoms with Crippen LogP contribution in [0.1, 0.15) is 12.3 Å². The summed E-state index contributed by atoms with van der Waals surface area (Å²) in [6, 6.07) is 0. The number of rotatable bonds is 4. The Morgan fingerprint density at radius 2 is 2.35 bits per heavy atom. The van der Waals surface area contributed by atoms with Gasteiger partial charge in [-0.1, -0.05) is 5.16 Å². The zero-order chi connectivity index (χ0) is 11.7. The lowest BCUT2D eigenvalue weighted by Gasteiger charge is -1.89. The van der Waals surface area contributed by atoms with Gasteiger partial charge in [-0.25, -0.2) is 4.98 Å². The van der Waals surface area contributed by atoms with E-state index in [-0.39, 0.29) is 0 Å². The molecule has 0 radical (unpaired) electrons. The van der Waals surface area contributed by atoms with Crippen molar-refractivity contribution < 1.29 is 8.94 Å². The Balaban J connectivity index is 1.93. The molecule has 3 aromatic heterocycles. The molecule has 7 heteroatoms. The molecule has 0 fully saturated rings. The van der Waals surface area contributed by atoms with Crippen LogP contribution in [0.3, 0.4) is 0 Å². The van der Waals surface area contributed by atoms with Crippen LogP contribution in [0.2, 0.25) is 0 Å². The highest BCUT2D eigenvalue weighted by molar-refractivity contribution is 5.52. The minimum atomic E-state index is 0.505. The highest BCUT2D eigenvalue weighted by Gasteiger charge is 2.14. The maximum absolute atomic E-state index is 5.42. The van der Waals surface area contributed by atoms with E-state index in [9.17, 15) is 0 Å². The Labute approximate surface area is 96.2 Å². The summed E-state index contributed by atoms with van der Waals surface area (Å²) >= 11 is 0. The largest absolute Gasteiger partial charge is 0.432 e. The third-order valence-electron chi connectivity index (χ3n) is 2.44. The van der Waals surface area contributed by atoms with Gasteiger partial charge in [0.05, 0.1) is 6.20 Å². The summed E-state index contributed by atoms with van der Waals surface area (Å²) in [5.74, 6) is 1.60. The molecule has 2 N–H and O–H groups in total. The molecular weight excluding hydrogens is 222 g/mol. The van der Waals surface area contributed by atoms with Gasteiger partial charge in [0.25, 0.3) is 0 Å². The lowest BCUT2D eigenvalue weighted by molar-refractivity contribution is 0.376. The van der Waals surface area contributed by atoms with Gasteiger partial charge in [-0.15, -0.1) is 0 Å². The average Bonchev–Trinajstić information content (AvgIpc) is 3.01. The molecule has 0 unspecified atom stereocenters. The Kier molecular flexibility index (Phi) is 2.37. The standard InChI is InChI=1S/C10H11N5O2/c11-3-1-2-8-13-9(14-17-8)7-6-12-10-15(7)4-5-16-10/h4-6H,1-3,11H2. The van der Waals surface area contributed by atoms with E-state index in [1.54, 1.807) is 23.1 Å². The molecule has 17 heavy (non-hydrogen) atoms. The van der Waals surface area contributed by atoms with E-state index in [0.29, 0.717) is 30.5 Å². The Bertz CT molecular complexity index is 623. The third kappa shape index (κ3) is 1.70. The molecule has 0 atom stereocenters. The second kappa shape index (κ2) is 4.02. The Morgan fingerprint density at radius 1 is 1.41 bits per heavy atom. The predicted octanol–water partition coefficient (Wildman–Crippen LogP) is 0.869. The third-order valence-corrected chi connectivity index (χ3v) is 2.44. The van der Waals surface area contributed by atoms with Crippen molar-refractivity contribution in [2.24, 2.45) is 5.73 Å². The number of nitrogens with two attached hydrogens (primary N) is 1. The summed E-state index contributed by atoms with van der Waals surface area (Å²) in [5, 5.41) is 3.91. The fourth-order valence-electron chi connectivity index (χ4n) is 1.61. The number of hydrogen-bond acceptors (Lipinski definition) is 6. The highest BCUT2D eigenvalue weighted by atomic mass is 16.5. The van der Waals surface area contributed by atoms with Gasteiger partial charge < -0.3 is 14.7 Å². The van der Waals surface area contributed by atoms with E-state index in [1.165, 1.54) is 0 Å². The summed E-state index contributed by atoms with van der Waals surface area (Å²) in [6.07, 6.45) is 6.48. The van der Waals surface area contributed by atoms with Crippen molar-refractivity contribution in [2.45, 2.75) is 12.8 Å². The molecule has 3 aromatic rings. The van der Waals surface area contributed by atoms with Gasteiger partial charge >= 0.3 is 5.84 Å². The molecule has 0 aromatic carbocycles. The highest BCUT2D eigenvalue weighted by Crippen LogP contribution is 2.18. The zero-order valence-electron chi connectivity index (χ0n) is 9.04. The quantitative estimate of drug-likeness (QED) is 0.718. The lowest BCUT2D eigenvalue weighted by atomic mass is 10.3. The number of fused-ring (bicyclic) bond motifs is 1. The van der Waals surface area contributed by atoms with Crippen molar-refractivity contribution >= 4 is 5.84 Å². The zero-order valence-corrected chi connectivity index (χ0v) is 9.04. The summed E-state index contributed by atoms with van der Waals surface area (Å²) in [4.78, 5) is 8.37. The van der Waals surface area contributed by atoms with Gasteiger partial charge in [0.1, 0.15) is 12.0 Å². The van der Waals surface area contributed by atoms with Crippen LogP contribution in [-0.4, -0.2) is 26.1 Å². The van der Waals surface area contributed by atoms with Crippen molar-refractivity contribution in [1.82, 2.24) is 19.5 Å². The van der Waals surface area contributed by atoms with Crippen molar-refractivity contribution in [3.63, 3.8) is 0 Å². The molecule has 0 aliphatic heterocycles. The number of imidazole rings is 1. The van der Waals surface area contributed by atoms with Crippen LogP contribution in [0.4, 0.5) is 0 Å². The molecule has 0 amide bonds. The number of nitrogens with zero attached hydrogens (tertiary/aromatic N) is 4. The maximum atomic E-state index is 5.42. The summed E-state index contributed by atoms with van der Waals surface area (Å²) in [6.45, 7) is 0.608. The molecular formula is C10H11N5O2. The first-order valence-corrected chi connectivity index (χ1v) is 5.32. The van der Waals surface area contributed by atoms with Gasteiger partial charge in [-0.2, -0.15) is 4.98 Å². The number of aromatic nitrogens is 4. The SMILES string of the molecule is NCCCc1nc(-c2cnc3occn23)no1. The van der Waals surface area contributed by atoms with Gasteiger partial charge in [-0.3, -0.25) is 4.40 Å². The smallest absolute Gasteiger partial charge is 0.306 e. The Hall–Kier alpha value is -2.15. The molecule has 0 spiro atoms. The Morgan fingerprint density at radius 3 is 3.24 bits per heavy atom. The van der Waals surface area contributed by atoms with Crippen molar-refractivity contribution in [3.8, 4) is 11.5 Å². The van der Waals surface area contributed by atoms with Crippen molar-refractivity contribution in [1.29, 1.82) is 0 Å². The first kappa shape index (κ1) is 10.0. The minimum absolute atomic E-state index is 0.505. The number of oxazole rings is 1. The van der Waals surface area contributed by atoms with Crippen molar-refractivity contribution in [2.75, 3.05) is 6.54 Å². The van der Waals surface area contributed by atoms with E-state index >= 15 is 0 Å². The molecule has 88 valence electrons. The minimum Gasteiger partial charge on any atom is -0.432 e. The summed E-state index contributed by atoms with van der Waals surface area (Å²) in [5.41, 5.74) is 6.17. The monoisotopic (exact) mass is 233 g/mol. The van der Waals surface area contributed by atoms with Crippen LogP contribution in [0.25, 0.3) is 17.4 Å². The van der Waals surface area contributed by atoms with E-state index in [1.807, 2.05) is 0 Å². The second-order valence-corrected chi connectivity index (χ2v) is 3.60. The van der Waals surface area contributed by atoms with Crippen LogP contribution in [0, 0.1) is 0 Å². The number of hydrogen-bond donors (Lipinski definition) is 1. The molecule has 0 saturated heterocycles. The van der Waals surface area contributed by atoms with Crippen LogP contribution >= 0.6 is 0 Å². The fourth-order valence-corrected chi connectivity index (χ4v) is 1.61. The average molecular weight is 233 g/mol. The molecule has 3 heterocycles. The molecule has 3 rings (SSSR count). The molecule has 0 aliphatic rings. The fraction of sp³-hybridized carbons (Fsp3) is 0.300. The van der Waals surface area contributed by atoms with Crippen molar-refractivity contribution in [3.05, 3.63) is 24.5 Å². The van der Waals surface area contributed by atoms with Gasteiger partial charge in [0.2, 0.25) is 11.7 Å². The van der Waals surface area contributed by atoms with E-state index in [4.69, 9.17) is 14.7 Å². The second-order valence-electron chi connectivity index (χ2n) is 3.60. The maximum Gasteiger partial charge on any atom is 0.306 e. The first-order valence-electron chi connectivity index (χ1n) is 5.32. The first-order chi connectivity index (χ1) is 8.38. The van der Waals surface area contributed by atoms with Crippen LogP contribution < -0.4 is 5.73 Å². The summed E-state index contributed by atoms with van der Waals surface area (Å²) in [7, 11) is 0. The molecule has 0 aliphatic carbocycles. The van der Waals surface area contributed by atoms with E-state index < -0.39 is 0 Å². The van der Waals surface area contributed by atoms with Gasteiger partial charge in [-0.05, 0) is 13.0 Å². The molecule has 0 bridgehead atoms.